The molecule has 2 aliphatic carbocycles. The molecule has 2 N–H and O–H groups in total. The lowest BCUT2D eigenvalue weighted by Gasteiger charge is -2.33. The Bertz CT molecular complexity index is 3880. The largest absolute Gasteiger partial charge is 0.380 e. The van der Waals surface area contributed by atoms with Crippen LogP contribution in [0.1, 0.15) is 90.9 Å². The molecule has 2 aromatic carbocycles. The fraction of sp³-hybridized carbons (Fsp3) is 0.508. The minimum Gasteiger partial charge on any atom is -0.380 e. The number of hydrogen-bond acceptors (Lipinski definition) is 12. The van der Waals surface area contributed by atoms with Crippen molar-refractivity contribution < 1.29 is 27.2 Å². The lowest BCUT2D eigenvalue weighted by molar-refractivity contribution is 0.0879. The highest BCUT2D eigenvalue weighted by Crippen LogP contribution is 2.44. The first-order valence-electron chi connectivity index (χ1n) is 29.7. The molecule has 456 valence electrons. The summed E-state index contributed by atoms with van der Waals surface area (Å²) in [5.41, 5.74) is 6.21. The molecule has 7 heterocycles. The Hall–Kier alpha value is -5.16. The number of aromatic nitrogens is 10. The molecule has 0 unspecified atom stereocenters. The fourth-order valence-corrected chi connectivity index (χ4v) is 14.7. The molecule has 0 spiro atoms. The van der Waals surface area contributed by atoms with Crippen LogP contribution in [-0.2, 0) is 64.9 Å². The van der Waals surface area contributed by atoms with Gasteiger partial charge in [-0.25, -0.2) is 0 Å². The number of fused-ring (bicyclic) bond motifs is 2. The van der Waals surface area contributed by atoms with Crippen molar-refractivity contribution in [2.75, 3.05) is 32.2 Å². The standard InChI is InChI=1S/C32H43BrN6O3Si.C29H38BrN5O5SSi/c1-37-20-35-36-31(37)29(22-7-5-8-22)23-9-6-10-25(15-23)38-18-28(33)27-16-26(17-34-24-11-12-41-19-24)39(30(27)32(38)40)21-42-13-14-43(2,3)4;1-33-18-31-32-28(33)26(20-7-5-8-20)21-9-6-10-22(15-21)34-17-25(30)24-16-23(11-13-41(37,38)39)35(27(24)29(34)36)19-40-12-14-42(2,3)4/h6,9-10,15-16,18,20,22,24,29,34H,5,7-8,11-14,17,19,21H2,1-4H3;6,9-10,15-18,20,26H,5,7-8,11-14,19H2,1-4H3,(H,37,38,39)/t24-,29-;26-/m11/s1. The third-order valence-corrected chi connectivity index (χ3v) is 22.5. The predicted octanol–water partition coefficient (Wildman–Crippen LogP) is 11.2. The van der Waals surface area contributed by atoms with Gasteiger partial charge in [0, 0.05) is 136 Å². The van der Waals surface area contributed by atoms with Gasteiger partial charge in [-0.1, -0.05) is 76.4 Å². The number of pyridine rings is 2. The summed E-state index contributed by atoms with van der Waals surface area (Å²) in [6.45, 7) is 17.7. The zero-order valence-electron chi connectivity index (χ0n) is 50.1. The normalized spacial score (nSPS) is 16.9. The van der Waals surface area contributed by atoms with E-state index in [-0.39, 0.29) is 36.1 Å². The molecule has 8 aromatic rings. The second-order valence-corrected chi connectivity index (χ2v) is 40.3. The lowest BCUT2D eigenvalue weighted by Crippen LogP contribution is -2.30. The summed E-state index contributed by atoms with van der Waals surface area (Å²) >= 11 is 7.47. The summed E-state index contributed by atoms with van der Waals surface area (Å²) in [4.78, 5) is 28.5. The third kappa shape index (κ3) is 14.9. The molecule has 85 heavy (non-hydrogen) atoms. The molecule has 0 bridgehead atoms. The van der Waals surface area contributed by atoms with E-state index in [1.54, 1.807) is 38.6 Å². The highest BCUT2D eigenvalue weighted by atomic mass is 79.9. The molecular weight excluding hydrogens is 1260 g/mol. The van der Waals surface area contributed by atoms with Crippen molar-refractivity contribution in [3.05, 3.63) is 150 Å². The van der Waals surface area contributed by atoms with Crippen LogP contribution in [0.2, 0.25) is 51.4 Å². The molecule has 0 radical (unpaired) electrons. The van der Waals surface area contributed by atoms with E-state index >= 15 is 0 Å². The molecule has 6 aromatic heterocycles. The second-order valence-electron chi connectivity index (χ2n) is 25.8. The van der Waals surface area contributed by atoms with E-state index in [0.29, 0.717) is 71.0 Å². The highest BCUT2D eigenvalue weighted by Gasteiger charge is 2.35. The molecule has 19 nitrogen and oxygen atoms in total. The Morgan fingerprint density at radius 3 is 1.56 bits per heavy atom. The summed E-state index contributed by atoms with van der Waals surface area (Å²) in [6, 6.07) is 22.7. The number of nitrogens with zero attached hydrogens (tertiary/aromatic N) is 10. The van der Waals surface area contributed by atoms with Crippen molar-refractivity contribution in [3.8, 4) is 11.4 Å². The zero-order valence-corrected chi connectivity index (χ0v) is 56.1. The number of aryl methyl sites for hydroxylation is 3. The molecular formula is C61H81Br2N11O8SSi2. The van der Waals surface area contributed by atoms with Gasteiger partial charge in [0.15, 0.2) is 0 Å². The Morgan fingerprint density at radius 1 is 0.694 bits per heavy atom. The van der Waals surface area contributed by atoms with Crippen molar-refractivity contribution >= 4 is 79.9 Å². The molecule has 2 saturated carbocycles. The molecule has 3 aliphatic rings. The third-order valence-electron chi connectivity index (χ3n) is 17.1. The minimum atomic E-state index is -4.19. The van der Waals surface area contributed by atoms with Crippen LogP contribution in [-0.4, -0.2) is 115 Å². The van der Waals surface area contributed by atoms with Crippen LogP contribution in [0.4, 0.5) is 0 Å². The molecule has 3 fully saturated rings. The van der Waals surface area contributed by atoms with Gasteiger partial charge in [-0.3, -0.25) is 23.3 Å². The number of hydrogen-bond donors (Lipinski definition) is 2. The first-order chi connectivity index (χ1) is 40.5. The molecule has 3 atom stereocenters. The van der Waals surface area contributed by atoms with Crippen LogP contribution < -0.4 is 16.4 Å². The molecule has 1 aliphatic heterocycles. The smallest absolute Gasteiger partial charge is 0.279 e. The number of nitrogens with one attached hydrogen (secondary N) is 1. The van der Waals surface area contributed by atoms with Crippen molar-refractivity contribution in [2.45, 2.75) is 141 Å². The summed E-state index contributed by atoms with van der Waals surface area (Å²) in [5, 5.41) is 22.4. The summed E-state index contributed by atoms with van der Waals surface area (Å²) in [5.74, 6) is 2.64. The Balaban J connectivity index is 0.000000189. The van der Waals surface area contributed by atoms with Crippen LogP contribution in [0.15, 0.2) is 104 Å². The first-order valence-corrected chi connectivity index (χ1v) is 40.3. The van der Waals surface area contributed by atoms with Gasteiger partial charge in [0.1, 0.15) is 48.8 Å². The van der Waals surface area contributed by atoms with Crippen molar-refractivity contribution in [1.82, 2.24) is 53.1 Å². The van der Waals surface area contributed by atoms with Crippen LogP contribution in [0.3, 0.4) is 0 Å². The van der Waals surface area contributed by atoms with E-state index in [1.807, 2.05) is 53.7 Å². The molecule has 0 amide bonds. The fourth-order valence-electron chi connectivity index (χ4n) is 11.7. The predicted molar refractivity (Wildman–Crippen MR) is 345 cm³/mol. The average molecular weight is 1340 g/mol. The maximum absolute atomic E-state index is 14.3. The van der Waals surface area contributed by atoms with Crippen molar-refractivity contribution in [3.63, 3.8) is 0 Å². The van der Waals surface area contributed by atoms with Gasteiger partial charge in [0.25, 0.3) is 21.2 Å². The maximum Gasteiger partial charge on any atom is 0.279 e. The van der Waals surface area contributed by atoms with Crippen molar-refractivity contribution in [1.29, 1.82) is 0 Å². The topological polar surface area (TPSA) is 209 Å². The van der Waals surface area contributed by atoms with E-state index in [9.17, 15) is 22.6 Å². The van der Waals surface area contributed by atoms with Gasteiger partial charge in [-0.2, -0.15) is 8.42 Å². The first kappa shape index (κ1) is 62.9. The number of rotatable bonds is 24. The van der Waals surface area contributed by atoms with Gasteiger partial charge >= 0.3 is 0 Å². The lowest BCUT2D eigenvalue weighted by atomic mass is 9.72. The molecule has 24 heteroatoms. The maximum atomic E-state index is 14.3. The highest BCUT2D eigenvalue weighted by molar-refractivity contribution is 9.11. The summed E-state index contributed by atoms with van der Waals surface area (Å²) in [7, 11) is -2.80. The average Bonchev–Trinajstić information content (AvgIpc) is 4.32. The molecule has 1 saturated heterocycles. The summed E-state index contributed by atoms with van der Waals surface area (Å²) < 4.78 is 63.2. The quantitative estimate of drug-likeness (QED) is 0.0328. The number of ether oxygens (including phenoxy) is 3. The number of halogens is 2. The van der Waals surface area contributed by atoms with E-state index in [1.165, 1.54) is 25.7 Å². The summed E-state index contributed by atoms with van der Waals surface area (Å²) in [6.07, 6.45) is 15.2. The van der Waals surface area contributed by atoms with Crippen LogP contribution in [0, 0.1) is 11.8 Å². The Morgan fingerprint density at radius 2 is 1.16 bits per heavy atom. The van der Waals surface area contributed by atoms with E-state index in [2.05, 4.69) is 132 Å². The van der Waals surface area contributed by atoms with Gasteiger partial charge in [-0.05, 0) is 135 Å². The van der Waals surface area contributed by atoms with Crippen molar-refractivity contribution in [2.24, 2.45) is 25.9 Å². The van der Waals surface area contributed by atoms with Crippen LogP contribution in [0.5, 0.6) is 0 Å². The Kier molecular flexibility index (Phi) is 19.7. The molecule has 11 rings (SSSR count). The van der Waals surface area contributed by atoms with Crippen LogP contribution in [0.25, 0.3) is 33.2 Å². The monoisotopic (exact) mass is 1340 g/mol. The Labute approximate surface area is 516 Å². The van der Waals surface area contributed by atoms with E-state index in [4.69, 9.17) is 14.2 Å². The van der Waals surface area contributed by atoms with E-state index in [0.717, 1.165) is 94.3 Å². The van der Waals surface area contributed by atoms with Gasteiger partial charge < -0.3 is 37.8 Å². The zero-order chi connectivity index (χ0) is 60.4. The second kappa shape index (κ2) is 26.7. The number of benzene rings is 2. The van der Waals surface area contributed by atoms with Crippen LogP contribution >= 0.6 is 31.9 Å². The van der Waals surface area contributed by atoms with Gasteiger partial charge in [-0.15, -0.1) is 20.4 Å². The SMILES string of the molecule is Cn1cnnc1[C@@H](c1cccc(-n2cc(Br)c3cc(CCS(=O)(=O)O)n(COCC[Si](C)(C)C)c3c2=O)c1)C1CCC1.Cn1cnnc1[C@@H](c1cccc(-n2cc(Br)c3cc(CN[C@@H]4CCOC4)n(COCC[Si](C)(C)C)c3c2=O)c1)C1CCC1. The van der Waals surface area contributed by atoms with E-state index < -0.39 is 32.0 Å². The van der Waals surface area contributed by atoms with Gasteiger partial charge in [0.2, 0.25) is 0 Å². The van der Waals surface area contributed by atoms with Gasteiger partial charge in [0.05, 0.1) is 12.4 Å². The minimum absolute atomic E-state index is 0.0486.